The van der Waals surface area contributed by atoms with Crippen molar-refractivity contribution in [1.29, 1.82) is 0 Å². The van der Waals surface area contributed by atoms with Crippen LogP contribution in [0, 0.1) is 0 Å². The maximum Gasteiger partial charge on any atom is 0.328 e. The maximum absolute atomic E-state index is 12.0. The number of rotatable bonds is 9. The van der Waals surface area contributed by atoms with E-state index in [1.54, 1.807) is 11.8 Å². The summed E-state index contributed by atoms with van der Waals surface area (Å²) in [6.45, 7) is -0.155. The van der Waals surface area contributed by atoms with Gasteiger partial charge in [0.25, 0.3) is 5.91 Å². The van der Waals surface area contributed by atoms with Gasteiger partial charge in [0.1, 0.15) is 11.8 Å². The number of thioether (sulfide) groups is 1. The van der Waals surface area contributed by atoms with E-state index < -0.39 is 12.0 Å². The van der Waals surface area contributed by atoms with Crippen LogP contribution < -0.4 is 10.1 Å². The van der Waals surface area contributed by atoms with E-state index in [0.717, 1.165) is 16.9 Å². The normalized spacial score (nSPS) is 11.5. The van der Waals surface area contributed by atoms with Crippen LogP contribution in [0.1, 0.15) is 6.42 Å². The fraction of sp³-hybridized carbons (Fsp3) is 0.300. The lowest BCUT2D eigenvalue weighted by Gasteiger charge is -2.16. The molecule has 2 aromatic carbocycles. The molecular formula is C20H23NO4S. The Balaban J connectivity index is 1.87. The van der Waals surface area contributed by atoms with Crippen molar-refractivity contribution in [3.63, 3.8) is 0 Å². The number of hydrogen-bond acceptors (Lipinski definition) is 5. The smallest absolute Gasteiger partial charge is 0.328 e. The molecule has 0 aliphatic heterocycles. The minimum absolute atomic E-state index is 0.155. The Bertz CT molecular complexity index is 704. The summed E-state index contributed by atoms with van der Waals surface area (Å²) in [6, 6.07) is 16.9. The highest BCUT2D eigenvalue weighted by Gasteiger charge is 2.21. The van der Waals surface area contributed by atoms with Crippen molar-refractivity contribution in [3.8, 4) is 16.9 Å². The van der Waals surface area contributed by atoms with Crippen LogP contribution in [0.25, 0.3) is 11.1 Å². The fourth-order valence-electron chi connectivity index (χ4n) is 2.39. The average Bonchev–Trinajstić information content (AvgIpc) is 2.70. The summed E-state index contributed by atoms with van der Waals surface area (Å²) >= 11 is 1.60. The Morgan fingerprint density at radius 1 is 1.04 bits per heavy atom. The average molecular weight is 373 g/mol. The van der Waals surface area contributed by atoms with Gasteiger partial charge in [0.05, 0.1) is 7.11 Å². The third kappa shape index (κ3) is 6.11. The van der Waals surface area contributed by atoms with Gasteiger partial charge in [0.2, 0.25) is 0 Å². The van der Waals surface area contributed by atoms with Gasteiger partial charge in [-0.2, -0.15) is 11.8 Å². The molecule has 2 rings (SSSR count). The van der Waals surface area contributed by atoms with Gasteiger partial charge in [0, 0.05) is 0 Å². The van der Waals surface area contributed by atoms with Crippen molar-refractivity contribution in [1.82, 2.24) is 5.32 Å². The first-order chi connectivity index (χ1) is 12.6. The number of ether oxygens (including phenoxy) is 2. The number of nitrogens with one attached hydrogen (secondary N) is 1. The molecule has 26 heavy (non-hydrogen) atoms. The minimum Gasteiger partial charge on any atom is -0.484 e. The van der Waals surface area contributed by atoms with Crippen molar-refractivity contribution in [2.45, 2.75) is 12.5 Å². The maximum atomic E-state index is 12.0. The topological polar surface area (TPSA) is 64.6 Å². The number of amides is 1. The number of hydrogen-bond donors (Lipinski definition) is 1. The van der Waals surface area contributed by atoms with Crippen LogP contribution in [0.3, 0.4) is 0 Å². The standard InChI is InChI=1S/C20H23NO4S/c1-24-20(23)18(12-13-26-2)21-19(22)14-25-17-10-8-16(9-11-17)15-6-4-3-5-7-15/h3-11,18H,12-14H2,1-2H3,(H,21,22)/t18-/m1/s1. The van der Waals surface area contributed by atoms with Crippen molar-refractivity contribution in [3.05, 3.63) is 54.6 Å². The fourth-order valence-corrected chi connectivity index (χ4v) is 2.86. The molecule has 0 radical (unpaired) electrons. The molecule has 0 unspecified atom stereocenters. The second kappa shape index (κ2) is 10.5. The first-order valence-corrected chi connectivity index (χ1v) is 9.68. The molecule has 0 saturated carbocycles. The van der Waals surface area contributed by atoms with Gasteiger partial charge in [0.15, 0.2) is 6.61 Å². The highest BCUT2D eigenvalue weighted by Crippen LogP contribution is 2.21. The van der Waals surface area contributed by atoms with Gasteiger partial charge in [-0.1, -0.05) is 42.5 Å². The minimum atomic E-state index is -0.649. The quantitative estimate of drug-likeness (QED) is 0.684. The molecule has 0 aliphatic carbocycles. The van der Waals surface area contributed by atoms with Gasteiger partial charge >= 0.3 is 5.97 Å². The Morgan fingerprint density at radius 2 is 1.69 bits per heavy atom. The molecule has 1 atom stereocenters. The molecule has 0 spiro atoms. The van der Waals surface area contributed by atoms with E-state index in [0.29, 0.717) is 12.2 Å². The van der Waals surface area contributed by atoms with Gasteiger partial charge < -0.3 is 14.8 Å². The van der Waals surface area contributed by atoms with Crippen LogP contribution in [-0.4, -0.2) is 43.6 Å². The predicted molar refractivity (Wildman–Crippen MR) is 104 cm³/mol. The molecule has 2 aromatic rings. The highest BCUT2D eigenvalue weighted by atomic mass is 32.2. The molecule has 0 heterocycles. The predicted octanol–water partition coefficient (Wildman–Crippen LogP) is 3.14. The zero-order valence-corrected chi connectivity index (χ0v) is 15.8. The van der Waals surface area contributed by atoms with E-state index in [-0.39, 0.29) is 12.5 Å². The zero-order chi connectivity index (χ0) is 18.8. The van der Waals surface area contributed by atoms with E-state index in [2.05, 4.69) is 5.32 Å². The van der Waals surface area contributed by atoms with Crippen LogP contribution >= 0.6 is 11.8 Å². The Labute approximate surface area is 158 Å². The molecule has 1 amide bonds. The largest absolute Gasteiger partial charge is 0.484 e. The number of esters is 1. The first-order valence-electron chi connectivity index (χ1n) is 8.28. The van der Waals surface area contributed by atoms with Gasteiger partial charge in [-0.15, -0.1) is 0 Å². The molecule has 0 aliphatic rings. The van der Waals surface area contributed by atoms with Crippen LogP contribution in [0.5, 0.6) is 5.75 Å². The number of benzene rings is 2. The van der Waals surface area contributed by atoms with Crippen LogP contribution in [0.15, 0.2) is 54.6 Å². The summed E-state index contributed by atoms with van der Waals surface area (Å²) in [5.41, 5.74) is 2.19. The lowest BCUT2D eigenvalue weighted by atomic mass is 10.1. The number of carbonyl (C=O) groups is 2. The van der Waals surface area contributed by atoms with Crippen molar-refractivity contribution in [2.24, 2.45) is 0 Å². The lowest BCUT2D eigenvalue weighted by Crippen LogP contribution is -2.43. The highest BCUT2D eigenvalue weighted by molar-refractivity contribution is 7.98. The molecule has 6 heteroatoms. The third-order valence-electron chi connectivity index (χ3n) is 3.76. The van der Waals surface area contributed by atoms with Crippen LogP contribution in [0.2, 0.25) is 0 Å². The molecule has 5 nitrogen and oxygen atoms in total. The summed E-state index contributed by atoms with van der Waals surface area (Å²) in [5, 5.41) is 2.66. The monoisotopic (exact) mass is 373 g/mol. The van der Waals surface area contributed by atoms with Crippen molar-refractivity contribution >= 4 is 23.6 Å². The molecule has 0 saturated heterocycles. The lowest BCUT2D eigenvalue weighted by molar-refractivity contribution is -0.145. The third-order valence-corrected chi connectivity index (χ3v) is 4.41. The zero-order valence-electron chi connectivity index (χ0n) is 14.9. The second-order valence-corrected chi connectivity index (χ2v) is 6.59. The summed E-state index contributed by atoms with van der Waals surface area (Å²) in [4.78, 5) is 23.8. The molecule has 138 valence electrons. The van der Waals surface area contributed by atoms with E-state index in [9.17, 15) is 9.59 Å². The SMILES string of the molecule is COC(=O)[C@@H](CCSC)NC(=O)COc1ccc(-c2ccccc2)cc1. The van der Waals surface area contributed by atoms with Crippen LogP contribution in [0.4, 0.5) is 0 Å². The molecular weight excluding hydrogens is 350 g/mol. The number of carbonyl (C=O) groups excluding carboxylic acids is 2. The second-order valence-electron chi connectivity index (χ2n) is 5.60. The van der Waals surface area contributed by atoms with Gasteiger partial charge in [-0.25, -0.2) is 4.79 Å². The molecule has 0 aromatic heterocycles. The molecule has 1 N–H and O–H groups in total. The summed E-state index contributed by atoms with van der Waals surface area (Å²) in [6.07, 6.45) is 2.46. The van der Waals surface area contributed by atoms with E-state index in [4.69, 9.17) is 9.47 Å². The van der Waals surface area contributed by atoms with Crippen molar-refractivity contribution < 1.29 is 19.1 Å². The molecule has 0 fully saturated rings. The van der Waals surface area contributed by atoms with Crippen molar-refractivity contribution in [2.75, 3.05) is 25.7 Å². The van der Waals surface area contributed by atoms with E-state index in [1.807, 2.05) is 60.9 Å². The first kappa shape index (κ1) is 19.8. The summed E-state index contributed by atoms with van der Waals surface area (Å²) in [5.74, 6) is 0.550. The Kier molecular flexibility index (Phi) is 8.02. The van der Waals surface area contributed by atoms with Crippen LogP contribution in [-0.2, 0) is 14.3 Å². The molecule has 0 bridgehead atoms. The van der Waals surface area contributed by atoms with Gasteiger partial charge in [-0.05, 0) is 41.7 Å². The van der Waals surface area contributed by atoms with E-state index in [1.165, 1.54) is 7.11 Å². The summed E-state index contributed by atoms with van der Waals surface area (Å²) in [7, 11) is 1.31. The number of methoxy groups -OCH3 is 1. The van der Waals surface area contributed by atoms with Gasteiger partial charge in [-0.3, -0.25) is 4.79 Å². The Morgan fingerprint density at radius 3 is 2.31 bits per heavy atom. The van der Waals surface area contributed by atoms with E-state index >= 15 is 0 Å². The summed E-state index contributed by atoms with van der Waals surface area (Å²) < 4.78 is 10.2. The Hall–Kier alpha value is -2.47.